The van der Waals surface area contributed by atoms with E-state index in [1.54, 1.807) is 36.9 Å². The van der Waals surface area contributed by atoms with Gasteiger partial charge in [-0.15, -0.1) is 15.3 Å². The predicted octanol–water partition coefficient (Wildman–Crippen LogP) is 4.88. The maximum atomic E-state index is 13.6. The standard InChI is InChI=1S/C16H11F5N6O2S.C14H14IN5O2S/c1-3-30(28,29)10-4-8(6-22)7-23-12(10)14-24-9-5-11(15(17,18)16(19,20)21)25-26-13(9)27(14)2;1-4-23(21,22)11-6-9(15)7-16-12(11)14-17-10-5-8(2)18-19-13(10)20(14)3/h4-5,7H,3H2,1-2H3;5-7H,4H2,1-3H3. The average molecular weight is 890 g/mol. The number of hydrogen-bond acceptors (Lipinski definition) is 13. The molecular weight excluding hydrogens is 864 g/mol. The first kappa shape index (κ1) is 39.4. The van der Waals surface area contributed by atoms with Crippen molar-refractivity contribution in [3.63, 3.8) is 0 Å². The molecule has 0 saturated carbocycles. The van der Waals surface area contributed by atoms with E-state index in [0.29, 0.717) is 28.7 Å². The normalized spacial score (nSPS) is 12.5. The van der Waals surface area contributed by atoms with Crippen molar-refractivity contribution in [1.29, 1.82) is 5.26 Å². The van der Waals surface area contributed by atoms with Gasteiger partial charge in [-0.25, -0.2) is 26.8 Å². The molecule has 0 radical (unpaired) electrons. The van der Waals surface area contributed by atoms with Crippen molar-refractivity contribution in [2.24, 2.45) is 14.1 Å². The Morgan fingerprint density at radius 3 is 1.75 bits per heavy atom. The molecule has 0 bridgehead atoms. The lowest BCUT2D eigenvalue weighted by molar-refractivity contribution is -0.291. The van der Waals surface area contributed by atoms with Crippen LogP contribution < -0.4 is 0 Å². The van der Waals surface area contributed by atoms with Gasteiger partial charge in [0.2, 0.25) is 0 Å². The van der Waals surface area contributed by atoms with Crippen LogP contribution in [-0.4, -0.2) is 84.0 Å². The molecule has 6 rings (SSSR count). The largest absolute Gasteiger partial charge is 0.459 e. The summed E-state index contributed by atoms with van der Waals surface area (Å²) in [6.45, 7) is 4.81. The lowest BCUT2D eigenvalue weighted by Gasteiger charge is -2.17. The molecule has 0 N–H and O–H groups in total. The van der Waals surface area contributed by atoms with Gasteiger partial charge in [-0.05, 0) is 53.8 Å². The van der Waals surface area contributed by atoms with E-state index >= 15 is 0 Å². The summed E-state index contributed by atoms with van der Waals surface area (Å²) in [5.74, 6) is -5.28. The maximum Gasteiger partial charge on any atom is 0.459 e. The molecule has 0 aromatic carbocycles. The summed E-state index contributed by atoms with van der Waals surface area (Å²) in [5.41, 5.74) is -0.103. The number of halogens is 6. The van der Waals surface area contributed by atoms with Crippen LogP contribution in [0.3, 0.4) is 0 Å². The van der Waals surface area contributed by atoms with Gasteiger partial charge in [-0.3, -0.25) is 9.97 Å². The fourth-order valence-corrected chi connectivity index (χ4v) is 7.61. The molecule has 0 aliphatic heterocycles. The molecule has 0 amide bonds. The molecule has 6 heterocycles. The topological polar surface area (TPSA) is 205 Å². The molecule has 6 aromatic rings. The van der Waals surface area contributed by atoms with Crippen molar-refractivity contribution in [1.82, 2.24) is 49.5 Å². The molecule has 0 spiro atoms. The molecule has 53 heavy (non-hydrogen) atoms. The predicted molar refractivity (Wildman–Crippen MR) is 187 cm³/mol. The number of fused-ring (bicyclic) bond motifs is 2. The van der Waals surface area contributed by atoms with Crippen LogP contribution in [0.2, 0.25) is 0 Å². The molecule has 15 nitrogen and oxygen atoms in total. The second kappa shape index (κ2) is 14.2. The molecule has 0 fully saturated rings. The Bertz CT molecular complexity index is 2680. The first-order valence-electron chi connectivity index (χ1n) is 15.0. The fraction of sp³-hybridized carbons (Fsp3) is 0.300. The summed E-state index contributed by atoms with van der Waals surface area (Å²) < 4.78 is 118. The summed E-state index contributed by atoms with van der Waals surface area (Å²) in [4.78, 5) is 16.6. The highest BCUT2D eigenvalue weighted by Crippen LogP contribution is 2.43. The number of aryl methyl sites for hydroxylation is 3. The van der Waals surface area contributed by atoms with Crippen LogP contribution in [0.15, 0.2) is 46.5 Å². The zero-order valence-electron chi connectivity index (χ0n) is 28.0. The summed E-state index contributed by atoms with van der Waals surface area (Å²) in [7, 11) is -4.19. The van der Waals surface area contributed by atoms with Crippen molar-refractivity contribution in [3.8, 4) is 29.1 Å². The second-order valence-corrected chi connectivity index (χ2v) is 16.9. The third kappa shape index (κ3) is 7.38. The fourth-order valence-electron chi connectivity index (χ4n) is 4.83. The van der Waals surface area contributed by atoms with Crippen LogP contribution in [0.5, 0.6) is 0 Å². The van der Waals surface area contributed by atoms with Gasteiger partial charge < -0.3 is 9.13 Å². The first-order valence-corrected chi connectivity index (χ1v) is 19.4. The summed E-state index contributed by atoms with van der Waals surface area (Å²) in [6.07, 6.45) is -3.18. The minimum absolute atomic E-state index is 0.00459. The number of alkyl halides is 5. The van der Waals surface area contributed by atoms with Crippen LogP contribution in [0.25, 0.3) is 45.4 Å². The summed E-state index contributed by atoms with van der Waals surface area (Å²) in [6, 6.07) is 6.70. The molecule has 0 atom stereocenters. The Labute approximate surface area is 311 Å². The number of rotatable bonds is 7. The molecule has 6 aromatic heterocycles. The maximum absolute atomic E-state index is 13.6. The van der Waals surface area contributed by atoms with Crippen LogP contribution >= 0.6 is 22.6 Å². The SMILES string of the molecule is CCS(=O)(=O)c1cc(C#N)cnc1-c1nc2cc(C(F)(F)C(F)(F)F)nnc2n1C.CCS(=O)(=O)c1cc(I)cnc1-c1nc2cc(C)nnc2n1C. The van der Waals surface area contributed by atoms with E-state index in [9.17, 15) is 38.8 Å². The molecule has 0 saturated heterocycles. The molecule has 0 aliphatic rings. The zero-order chi connectivity index (χ0) is 39.3. The van der Waals surface area contributed by atoms with Crippen molar-refractivity contribution < 1.29 is 38.8 Å². The average Bonchev–Trinajstić information content (AvgIpc) is 3.62. The third-order valence-corrected chi connectivity index (χ3v) is 11.8. The zero-order valence-corrected chi connectivity index (χ0v) is 31.8. The van der Waals surface area contributed by atoms with Gasteiger partial charge in [0.25, 0.3) is 0 Å². The summed E-state index contributed by atoms with van der Waals surface area (Å²) in [5, 5.41) is 23.5. The minimum atomic E-state index is -5.88. The third-order valence-electron chi connectivity index (χ3n) is 7.69. The number of nitriles is 1. The highest BCUT2D eigenvalue weighted by Gasteiger charge is 2.60. The van der Waals surface area contributed by atoms with Crippen molar-refractivity contribution >= 4 is 64.6 Å². The summed E-state index contributed by atoms with van der Waals surface area (Å²) >= 11 is 2.05. The number of pyridine rings is 2. The molecule has 0 aliphatic carbocycles. The van der Waals surface area contributed by atoms with E-state index in [0.717, 1.165) is 26.1 Å². The quantitative estimate of drug-likeness (QED) is 0.155. The molecule has 278 valence electrons. The lowest BCUT2D eigenvalue weighted by atomic mass is 10.2. The van der Waals surface area contributed by atoms with E-state index < -0.39 is 37.5 Å². The van der Waals surface area contributed by atoms with Gasteiger partial charge >= 0.3 is 12.1 Å². The Balaban J connectivity index is 0.000000211. The number of aromatic nitrogens is 10. The van der Waals surface area contributed by atoms with E-state index in [4.69, 9.17) is 5.26 Å². The first-order chi connectivity index (χ1) is 24.7. The van der Waals surface area contributed by atoms with Crippen LogP contribution in [-0.2, 0) is 39.7 Å². The van der Waals surface area contributed by atoms with Gasteiger partial charge in [0.1, 0.15) is 34.2 Å². The van der Waals surface area contributed by atoms with Gasteiger partial charge in [0.15, 0.2) is 42.6 Å². The Kier molecular flexibility index (Phi) is 10.5. The lowest BCUT2D eigenvalue weighted by Crippen LogP contribution is -2.34. The number of hydrogen-bond donors (Lipinski definition) is 0. The minimum Gasteiger partial charge on any atom is -0.309 e. The van der Waals surface area contributed by atoms with Crippen LogP contribution in [0, 0.1) is 21.8 Å². The Hall–Kier alpha value is -4.83. The molecule has 23 heteroatoms. The number of nitrogens with zero attached hydrogens (tertiary/aromatic N) is 11. The molecule has 0 unspecified atom stereocenters. The highest BCUT2D eigenvalue weighted by molar-refractivity contribution is 14.1. The van der Waals surface area contributed by atoms with Crippen molar-refractivity contribution in [2.45, 2.75) is 42.7 Å². The van der Waals surface area contributed by atoms with Gasteiger partial charge in [-0.1, -0.05) is 13.8 Å². The smallest absolute Gasteiger partial charge is 0.309 e. The van der Waals surface area contributed by atoms with Crippen LogP contribution in [0.1, 0.15) is 30.8 Å². The molecular formula is C30H25F5IN11O4S2. The Morgan fingerprint density at radius 2 is 1.25 bits per heavy atom. The second-order valence-electron chi connectivity index (χ2n) is 11.2. The highest BCUT2D eigenvalue weighted by atomic mass is 127. The van der Waals surface area contributed by atoms with Crippen molar-refractivity contribution in [2.75, 3.05) is 11.5 Å². The van der Waals surface area contributed by atoms with E-state index in [1.165, 1.54) is 14.0 Å². The monoisotopic (exact) mass is 889 g/mol. The van der Waals surface area contributed by atoms with E-state index in [1.807, 2.05) is 35.6 Å². The van der Waals surface area contributed by atoms with Crippen molar-refractivity contribution in [3.05, 3.63) is 57.2 Å². The van der Waals surface area contributed by atoms with Gasteiger partial charge in [0, 0.05) is 30.1 Å². The van der Waals surface area contributed by atoms with E-state index in [-0.39, 0.29) is 49.5 Å². The Morgan fingerprint density at radius 1 is 0.755 bits per heavy atom. The van der Waals surface area contributed by atoms with Crippen LogP contribution in [0.4, 0.5) is 22.0 Å². The van der Waals surface area contributed by atoms with Gasteiger partial charge in [-0.2, -0.15) is 32.3 Å². The number of sulfone groups is 2. The van der Waals surface area contributed by atoms with E-state index in [2.05, 4.69) is 40.3 Å². The number of imidazole rings is 2. The van der Waals surface area contributed by atoms with Gasteiger partial charge in [0.05, 0.1) is 32.6 Å².